The molecule has 7 heteroatoms. The molecule has 4 bridgehead atoms. The monoisotopic (exact) mass is 435 g/mol. The summed E-state index contributed by atoms with van der Waals surface area (Å²) >= 11 is 0. The zero-order valence-corrected chi connectivity index (χ0v) is 18.1. The van der Waals surface area contributed by atoms with Gasteiger partial charge in [-0.05, 0) is 79.6 Å². The number of carbonyl (C=O) groups is 1. The maximum absolute atomic E-state index is 11.9. The Morgan fingerprint density at radius 3 is 2.43 bits per heavy atom. The van der Waals surface area contributed by atoms with Gasteiger partial charge in [-0.15, -0.1) is 0 Å². The van der Waals surface area contributed by atoms with Crippen molar-refractivity contribution < 1.29 is 22.9 Å². The lowest BCUT2D eigenvalue weighted by Gasteiger charge is -2.61. The van der Waals surface area contributed by atoms with Gasteiger partial charge in [0.2, 0.25) is 0 Å². The molecule has 30 heavy (non-hydrogen) atoms. The smallest absolute Gasteiger partial charge is 0.321 e. The highest BCUT2D eigenvalue weighted by Gasteiger charge is 2.56. The van der Waals surface area contributed by atoms with E-state index in [4.69, 9.17) is 10.3 Å². The molecule has 0 heterocycles. The van der Waals surface area contributed by atoms with Crippen molar-refractivity contribution in [2.45, 2.75) is 56.9 Å². The molecule has 0 amide bonds. The van der Waals surface area contributed by atoms with Gasteiger partial charge in [-0.3, -0.25) is 9.35 Å². The molecule has 0 aromatic heterocycles. The number of unbranched alkanes of at least 4 members (excludes halogenated alkanes) is 1. The van der Waals surface area contributed by atoms with Crippen LogP contribution in [0.4, 0.5) is 0 Å². The van der Waals surface area contributed by atoms with E-state index in [-0.39, 0.29) is 17.6 Å². The Morgan fingerprint density at radius 2 is 1.77 bits per heavy atom. The van der Waals surface area contributed by atoms with E-state index in [1.165, 1.54) is 12.8 Å². The molecule has 8 atom stereocenters. The van der Waals surface area contributed by atoms with Crippen LogP contribution in [-0.2, 0) is 14.9 Å². The molecule has 1 aromatic carbocycles. The number of carboxylic acid groups (broad SMARTS) is 1. The summed E-state index contributed by atoms with van der Waals surface area (Å²) in [6.45, 7) is 0. The predicted octanol–water partition coefficient (Wildman–Crippen LogP) is 3.54. The van der Waals surface area contributed by atoms with E-state index in [0.29, 0.717) is 30.1 Å². The molecule has 0 aliphatic heterocycles. The maximum atomic E-state index is 11.9. The first-order valence-electron chi connectivity index (χ1n) is 11.2. The van der Waals surface area contributed by atoms with Gasteiger partial charge in [-0.1, -0.05) is 36.8 Å². The van der Waals surface area contributed by atoms with Crippen LogP contribution < -0.4 is 5.73 Å². The fraction of sp³-hybridized carbons (Fsp3) is 0.696. The van der Waals surface area contributed by atoms with Crippen molar-refractivity contribution in [3.63, 3.8) is 0 Å². The van der Waals surface area contributed by atoms with Gasteiger partial charge in [-0.25, -0.2) is 0 Å². The molecule has 1 aromatic rings. The van der Waals surface area contributed by atoms with Gasteiger partial charge in [0.1, 0.15) is 6.04 Å². The Kier molecular flexibility index (Phi) is 6.24. The van der Waals surface area contributed by atoms with E-state index in [2.05, 4.69) is 0 Å². The summed E-state index contributed by atoms with van der Waals surface area (Å²) in [7, 11) is -3.91. The summed E-state index contributed by atoms with van der Waals surface area (Å²) < 4.78 is 31.1. The lowest BCUT2D eigenvalue weighted by molar-refractivity contribution is -0.142. The van der Waals surface area contributed by atoms with Gasteiger partial charge in [0.15, 0.2) is 0 Å². The average Bonchev–Trinajstić information content (AvgIpc) is 2.68. The number of rotatable bonds is 9. The molecular formula is C23H33NO5S. The number of carboxylic acids is 1. The van der Waals surface area contributed by atoms with Crippen LogP contribution in [0, 0.1) is 35.5 Å². The zero-order chi connectivity index (χ0) is 21.5. The van der Waals surface area contributed by atoms with E-state index in [1.54, 1.807) is 0 Å². The van der Waals surface area contributed by atoms with Crippen molar-refractivity contribution >= 4 is 16.1 Å². The minimum absolute atomic E-state index is 0.180. The van der Waals surface area contributed by atoms with Gasteiger partial charge >= 0.3 is 5.97 Å². The lowest BCUT2D eigenvalue weighted by Crippen LogP contribution is -2.55. The molecule has 4 aliphatic carbocycles. The Labute approximate surface area is 179 Å². The number of benzene rings is 1. The van der Waals surface area contributed by atoms with Crippen LogP contribution in [0.25, 0.3) is 0 Å². The third kappa shape index (κ3) is 4.43. The van der Waals surface area contributed by atoms with Gasteiger partial charge < -0.3 is 10.8 Å². The van der Waals surface area contributed by atoms with Gasteiger partial charge in [0.25, 0.3) is 10.1 Å². The Hall–Kier alpha value is -1.44. The standard InChI is InChI=1S/C23H33NO5S/c24-22(23(25)26)21(15-6-2-1-3-7-15)20-17-11-14-10-16(13-17)18(19(20)12-14)8-4-5-9-30(27,28)29/h1-3,6-7,14,16-22H,4-5,8-13,24H2,(H,25,26)(H,27,28,29)/t14?,16?,17?,18?,19?,20?,21?,22-/m0/s1. The normalized spacial score (nSPS) is 34.6. The first-order chi connectivity index (χ1) is 14.2. The molecule has 4 saturated carbocycles. The van der Waals surface area contributed by atoms with Crippen LogP contribution in [0.1, 0.15) is 56.4 Å². The molecule has 4 aliphatic rings. The van der Waals surface area contributed by atoms with E-state index < -0.39 is 22.1 Å². The van der Waals surface area contributed by atoms with Gasteiger partial charge in [-0.2, -0.15) is 8.42 Å². The summed E-state index contributed by atoms with van der Waals surface area (Å²) in [4.78, 5) is 11.9. The van der Waals surface area contributed by atoms with E-state index in [1.807, 2.05) is 30.3 Å². The Morgan fingerprint density at radius 1 is 1.07 bits per heavy atom. The molecule has 5 rings (SSSR count). The van der Waals surface area contributed by atoms with Gasteiger partial charge in [0, 0.05) is 5.92 Å². The summed E-state index contributed by atoms with van der Waals surface area (Å²) in [6.07, 6.45) is 6.91. The third-order valence-corrected chi connectivity index (χ3v) is 8.94. The highest BCUT2D eigenvalue weighted by atomic mass is 32.2. The number of nitrogens with two attached hydrogens (primary N) is 1. The molecule has 6 nitrogen and oxygen atoms in total. The fourth-order valence-corrected chi connectivity index (χ4v) is 7.83. The summed E-state index contributed by atoms with van der Waals surface area (Å²) in [5.41, 5.74) is 7.32. The van der Waals surface area contributed by atoms with Crippen molar-refractivity contribution in [3.8, 4) is 0 Å². The molecule has 166 valence electrons. The predicted molar refractivity (Wildman–Crippen MR) is 114 cm³/mol. The number of aliphatic carboxylic acids is 1. The van der Waals surface area contributed by atoms with E-state index in [0.717, 1.165) is 37.2 Å². The lowest BCUT2D eigenvalue weighted by atomic mass is 9.44. The Bertz CT molecular complexity index is 858. The molecule has 0 radical (unpaired) electrons. The minimum Gasteiger partial charge on any atom is -0.480 e. The number of hydrogen-bond donors (Lipinski definition) is 3. The minimum atomic E-state index is -3.91. The molecule has 0 saturated heterocycles. The SMILES string of the molecule is N[C@H](C(=O)O)C(c1ccccc1)C1C2CC3CC(C2)C(CCCCS(=O)(=O)O)C1C3. The first kappa shape index (κ1) is 21.8. The van der Waals surface area contributed by atoms with Crippen molar-refractivity contribution in [2.24, 2.45) is 41.2 Å². The van der Waals surface area contributed by atoms with Crippen LogP contribution >= 0.6 is 0 Å². The molecule has 0 spiro atoms. The van der Waals surface area contributed by atoms with Crippen LogP contribution in [-0.4, -0.2) is 35.8 Å². The highest BCUT2D eigenvalue weighted by Crippen LogP contribution is 2.63. The summed E-state index contributed by atoms with van der Waals surface area (Å²) in [6, 6.07) is 8.97. The van der Waals surface area contributed by atoms with Crippen LogP contribution in [0.3, 0.4) is 0 Å². The summed E-state index contributed by atoms with van der Waals surface area (Å²) in [5.74, 6) is 1.81. The second kappa shape index (κ2) is 8.60. The second-order valence-electron chi connectivity index (χ2n) is 9.82. The molecule has 4 fully saturated rings. The Balaban J connectivity index is 1.57. The quantitative estimate of drug-likeness (QED) is 0.403. The van der Waals surface area contributed by atoms with E-state index >= 15 is 0 Å². The first-order valence-corrected chi connectivity index (χ1v) is 12.8. The fourth-order valence-electron chi connectivity index (χ4n) is 7.26. The van der Waals surface area contributed by atoms with E-state index in [9.17, 15) is 18.3 Å². The van der Waals surface area contributed by atoms with Crippen LogP contribution in [0.5, 0.6) is 0 Å². The van der Waals surface area contributed by atoms with Crippen molar-refractivity contribution in [1.29, 1.82) is 0 Å². The van der Waals surface area contributed by atoms with Crippen molar-refractivity contribution in [2.75, 3.05) is 5.75 Å². The van der Waals surface area contributed by atoms with Crippen LogP contribution in [0.2, 0.25) is 0 Å². The van der Waals surface area contributed by atoms with Gasteiger partial charge in [0.05, 0.1) is 5.75 Å². The van der Waals surface area contributed by atoms with Crippen molar-refractivity contribution in [3.05, 3.63) is 35.9 Å². The maximum Gasteiger partial charge on any atom is 0.321 e. The van der Waals surface area contributed by atoms with Crippen LogP contribution in [0.15, 0.2) is 30.3 Å². The second-order valence-corrected chi connectivity index (χ2v) is 11.4. The largest absolute Gasteiger partial charge is 0.480 e. The topological polar surface area (TPSA) is 118 Å². The van der Waals surface area contributed by atoms with Crippen molar-refractivity contribution in [1.82, 2.24) is 0 Å². The molecule has 7 unspecified atom stereocenters. The number of hydrogen-bond acceptors (Lipinski definition) is 4. The molecule has 4 N–H and O–H groups in total. The molecular weight excluding hydrogens is 402 g/mol. The zero-order valence-electron chi connectivity index (χ0n) is 17.3. The average molecular weight is 436 g/mol. The summed E-state index contributed by atoms with van der Waals surface area (Å²) in [5, 5.41) is 9.78. The highest BCUT2D eigenvalue weighted by molar-refractivity contribution is 7.85. The third-order valence-electron chi connectivity index (χ3n) is 8.14.